The lowest BCUT2D eigenvalue weighted by atomic mass is 10.3. The largest absolute Gasteiger partial charge is 0.244 e. The lowest BCUT2D eigenvalue weighted by molar-refractivity contribution is 0.272. The molecule has 0 bridgehead atoms. The summed E-state index contributed by atoms with van der Waals surface area (Å²) < 4.78 is 79.4. The van der Waals surface area contributed by atoms with Gasteiger partial charge in [0.15, 0.2) is 11.6 Å². The first-order valence-corrected chi connectivity index (χ1v) is 11.6. The highest BCUT2D eigenvalue weighted by molar-refractivity contribution is 7.89. The molecule has 0 aromatic heterocycles. The average molecular weight is 471 g/mol. The van der Waals surface area contributed by atoms with Crippen LogP contribution in [0.1, 0.15) is 0 Å². The molecule has 0 atom stereocenters. The fourth-order valence-electron chi connectivity index (χ4n) is 2.75. The Bertz CT molecular complexity index is 1120. The SMILES string of the molecule is O=S(=O)(c1ccc(F)c(F)c1)N1CCN(S(=O)(=O)c2cc(Cl)ccc2Cl)CC1. The molecular weight excluding hydrogens is 457 g/mol. The Morgan fingerprint density at radius 3 is 1.89 bits per heavy atom. The van der Waals surface area contributed by atoms with Crippen LogP contribution >= 0.6 is 23.2 Å². The van der Waals surface area contributed by atoms with E-state index in [1.807, 2.05) is 0 Å². The van der Waals surface area contributed by atoms with E-state index in [0.29, 0.717) is 6.07 Å². The molecule has 0 radical (unpaired) electrons. The van der Waals surface area contributed by atoms with Crippen LogP contribution in [0.15, 0.2) is 46.2 Å². The van der Waals surface area contributed by atoms with E-state index in [1.165, 1.54) is 18.2 Å². The molecule has 1 saturated heterocycles. The number of rotatable bonds is 4. The Balaban J connectivity index is 1.80. The Labute approximate surface area is 171 Å². The second kappa shape index (κ2) is 7.85. The minimum Gasteiger partial charge on any atom is -0.207 e. The topological polar surface area (TPSA) is 74.8 Å². The van der Waals surface area contributed by atoms with Crippen LogP contribution in [0.25, 0.3) is 0 Å². The minimum absolute atomic E-state index is 0.00115. The molecule has 0 aliphatic carbocycles. The minimum atomic E-state index is -4.09. The molecule has 0 N–H and O–H groups in total. The van der Waals surface area contributed by atoms with E-state index in [1.54, 1.807) is 0 Å². The van der Waals surface area contributed by atoms with E-state index in [2.05, 4.69) is 0 Å². The molecule has 28 heavy (non-hydrogen) atoms. The van der Waals surface area contributed by atoms with Crippen LogP contribution in [0.3, 0.4) is 0 Å². The van der Waals surface area contributed by atoms with Crippen molar-refractivity contribution in [1.82, 2.24) is 8.61 Å². The third-order valence-corrected chi connectivity index (χ3v) is 8.75. The van der Waals surface area contributed by atoms with Crippen molar-refractivity contribution in [3.05, 3.63) is 58.1 Å². The molecule has 0 unspecified atom stereocenters. The first-order chi connectivity index (χ1) is 13.0. The van der Waals surface area contributed by atoms with Gasteiger partial charge in [-0.15, -0.1) is 0 Å². The Hall–Kier alpha value is -1.30. The van der Waals surface area contributed by atoms with E-state index in [9.17, 15) is 25.6 Å². The zero-order valence-electron chi connectivity index (χ0n) is 14.1. The van der Waals surface area contributed by atoms with Crippen LogP contribution in [-0.4, -0.2) is 51.6 Å². The smallest absolute Gasteiger partial charge is 0.207 e. The van der Waals surface area contributed by atoms with Crippen molar-refractivity contribution in [1.29, 1.82) is 0 Å². The second-order valence-electron chi connectivity index (χ2n) is 5.96. The van der Waals surface area contributed by atoms with Gasteiger partial charge in [-0.1, -0.05) is 23.2 Å². The average Bonchev–Trinajstić information content (AvgIpc) is 2.65. The Kier molecular flexibility index (Phi) is 6.00. The van der Waals surface area contributed by atoms with E-state index in [4.69, 9.17) is 23.2 Å². The summed E-state index contributed by atoms with van der Waals surface area (Å²) in [5.41, 5.74) is 0. The molecule has 1 fully saturated rings. The summed E-state index contributed by atoms with van der Waals surface area (Å²) in [6.45, 7) is -0.570. The predicted octanol–water partition coefficient (Wildman–Crippen LogP) is 2.97. The summed E-state index contributed by atoms with van der Waals surface area (Å²) in [4.78, 5) is -0.570. The van der Waals surface area contributed by atoms with Crippen LogP contribution < -0.4 is 0 Å². The maximum absolute atomic E-state index is 13.4. The van der Waals surface area contributed by atoms with Crippen LogP contribution in [0.2, 0.25) is 10.0 Å². The molecule has 2 aromatic carbocycles. The van der Waals surface area contributed by atoms with Gasteiger partial charge in [-0.2, -0.15) is 8.61 Å². The van der Waals surface area contributed by atoms with Gasteiger partial charge in [0.1, 0.15) is 4.90 Å². The van der Waals surface area contributed by atoms with Crippen LogP contribution in [0.4, 0.5) is 8.78 Å². The van der Waals surface area contributed by atoms with Crippen LogP contribution in [-0.2, 0) is 20.0 Å². The number of halogens is 4. The molecule has 152 valence electrons. The molecule has 0 saturated carbocycles. The Morgan fingerprint density at radius 2 is 1.32 bits per heavy atom. The quantitative estimate of drug-likeness (QED) is 0.688. The van der Waals surface area contributed by atoms with Crippen molar-refractivity contribution in [3.8, 4) is 0 Å². The third kappa shape index (κ3) is 4.03. The lowest BCUT2D eigenvalue weighted by Crippen LogP contribution is -2.50. The Morgan fingerprint density at radius 1 is 0.750 bits per heavy atom. The number of piperazine rings is 1. The molecule has 3 rings (SSSR count). The van der Waals surface area contributed by atoms with Gasteiger partial charge in [0.05, 0.1) is 9.92 Å². The van der Waals surface area contributed by atoms with Gasteiger partial charge in [-0.05, 0) is 36.4 Å². The van der Waals surface area contributed by atoms with Gasteiger partial charge in [0, 0.05) is 31.2 Å². The molecule has 6 nitrogen and oxygen atoms in total. The van der Waals surface area contributed by atoms with Gasteiger partial charge < -0.3 is 0 Å². The lowest BCUT2D eigenvalue weighted by Gasteiger charge is -2.33. The fourth-order valence-corrected chi connectivity index (χ4v) is 6.34. The molecule has 12 heteroatoms. The summed E-state index contributed by atoms with van der Waals surface area (Å²) in [7, 11) is -8.07. The normalized spacial score (nSPS) is 17.0. The zero-order valence-corrected chi connectivity index (χ0v) is 17.3. The monoisotopic (exact) mass is 470 g/mol. The third-order valence-electron chi connectivity index (χ3n) is 4.24. The summed E-state index contributed by atoms with van der Waals surface area (Å²) in [5, 5.41) is 0.198. The van der Waals surface area contributed by atoms with Crippen molar-refractivity contribution in [2.75, 3.05) is 26.2 Å². The number of benzene rings is 2. The van der Waals surface area contributed by atoms with E-state index in [-0.39, 0.29) is 41.1 Å². The maximum Gasteiger partial charge on any atom is 0.244 e. The first kappa shape index (κ1) is 21.4. The summed E-state index contributed by atoms with van der Waals surface area (Å²) in [5.74, 6) is -2.44. The predicted molar refractivity (Wildman–Crippen MR) is 100 cm³/mol. The van der Waals surface area contributed by atoms with Crippen molar-refractivity contribution >= 4 is 43.2 Å². The molecule has 0 amide bonds. The highest BCUT2D eigenvalue weighted by atomic mass is 35.5. The second-order valence-corrected chi connectivity index (χ2v) is 10.6. The van der Waals surface area contributed by atoms with Gasteiger partial charge in [0.25, 0.3) is 0 Å². The molecular formula is C16H14Cl2F2N2O4S2. The number of sulfonamides is 2. The standard InChI is InChI=1S/C16H14Cl2F2N2O4S2/c17-11-1-3-13(18)16(9-11)28(25,26)22-7-5-21(6-8-22)27(23,24)12-2-4-14(19)15(20)10-12/h1-4,9-10H,5-8H2. The summed E-state index contributed by atoms with van der Waals surface area (Å²) in [6.07, 6.45) is 0. The van der Waals surface area contributed by atoms with Gasteiger partial charge >= 0.3 is 0 Å². The molecule has 1 heterocycles. The maximum atomic E-state index is 13.4. The first-order valence-electron chi connectivity index (χ1n) is 7.94. The summed E-state index contributed by atoms with van der Waals surface area (Å²) >= 11 is 11.8. The van der Waals surface area contributed by atoms with E-state index >= 15 is 0 Å². The van der Waals surface area contributed by atoms with Crippen molar-refractivity contribution in [2.45, 2.75) is 9.79 Å². The van der Waals surface area contributed by atoms with Gasteiger partial charge in [-0.3, -0.25) is 0 Å². The number of hydrogen-bond donors (Lipinski definition) is 0. The van der Waals surface area contributed by atoms with Crippen LogP contribution in [0, 0.1) is 11.6 Å². The van der Waals surface area contributed by atoms with Crippen molar-refractivity contribution in [2.24, 2.45) is 0 Å². The molecule has 0 spiro atoms. The van der Waals surface area contributed by atoms with Crippen molar-refractivity contribution in [3.63, 3.8) is 0 Å². The van der Waals surface area contributed by atoms with Gasteiger partial charge in [0.2, 0.25) is 20.0 Å². The molecule has 1 aliphatic heterocycles. The number of hydrogen-bond acceptors (Lipinski definition) is 4. The zero-order chi connectivity index (χ0) is 20.7. The fraction of sp³-hybridized carbons (Fsp3) is 0.250. The van der Waals surface area contributed by atoms with E-state index < -0.39 is 36.6 Å². The molecule has 1 aliphatic rings. The summed E-state index contributed by atoms with van der Waals surface area (Å²) in [6, 6.07) is 6.33. The number of nitrogens with zero attached hydrogens (tertiary/aromatic N) is 2. The van der Waals surface area contributed by atoms with E-state index in [0.717, 1.165) is 20.7 Å². The van der Waals surface area contributed by atoms with Crippen LogP contribution in [0.5, 0.6) is 0 Å². The highest BCUT2D eigenvalue weighted by Gasteiger charge is 2.35. The highest BCUT2D eigenvalue weighted by Crippen LogP contribution is 2.29. The van der Waals surface area contributed by atoms with Gasteiger partial charge in [-0.25, -0.2) is 25.6 Å². The van der Waals surface area contributed by atoms with Crippen molar-refractivity contribution < 1.29 is 25.6 Å². The molecule has 2 aromatic rings.